The number of nitrogens with zero attached hydrogens (tertiary/aromatic N) is 1. The molecule has 13 heteroatoms. The number of rotatable bonds is 9. The Morgan fingerprint density at radius 2 is 1.61 bits per heavy atom. The number of hydrogen-bond donors (Lipinski definition) is 2. The lowest BCUT2D eigenvalue weighted by Crippen LogP contribution is -2.45. The number of anilines is 1. The third-order valence-corrected chi connectivity index (χ3v) is 9.70. The molecule has 1 aliphatic heterocycles. The number of sulfonamides is 1. The van der Waals surface area contributed by atoms with Crippen molar-refractivity contribution in [2.45, 2.75) is 34.9 Å². The summed E-state index contributed by atoms with van der Waals surface area (Å²) in [6.07, 6.45) is -1.89. The monoisotopic (exact) mass is 608 g/mol. The van der Waals surface area contributed by atoms with Gasteiger partial charge < -0.3 is 10.0 Å². The second-order valence-corrected chi connectivity index (χ2v) is 13.2. The quantitative estimate of drug-likeness (QED) is 0.357. The van der Waals surface area contributed by atoms with Gasteiger partial charge in [0.2, 0.25) is 19.9 Å². The predicted molar refractivity (Wildman–Crippen MR) is 148 cm³/mol. The molecule has 2 N–H and O–H groups in total. The van der Waals surface area contributed by atoms with Gasteiger partial charge in [-0.3, -0.25) is 0 Å². The first-order valence-corrected chi connectivity index (χ1v) is 15.7. The molecule has 0 spiro atoms. The van der Waals surface area contributed by atoms with Crippen LogP contribution < -0.4 is 9.62 Å². The van der Waals surface area contributed by atoms with Crippen LogP contribution in [0.1, 0.15) is 34.3 Å². The first-order valence-electron chi connectivity index (χ1n) is 12.5. The molecule has 41 heavy (non-hydrogen) atoms. The SMILES string of the molecule is O=C(O)c1cccc(N2CCC(NS(=O)(=O)CC=Cc3cc(S(=O)(=O)c4ccccc4)ccc3C(F)(F)F)CC2)c1. The Bertz CT molecular complexity index is 1650. The van der Waals surface area contributed by atoms with Crippen molar-refractivity contribution in [3.05, 3.63) is 95.6 Å². The van der Waals surface area contributed by atoms with Crippen LogP contribution in [0.25, 0.3) is 6.08 Å². The summed E-state index contributed by atoms with van der Waals surface area (Å²) in [5.74, 6) is -1.66. The molecule has 0 atom stereocenters. The highest BCUT2D eigenvalue weighted by Gasteiger charge is 2.34. The summed E-state index contributed by atoms with van der Waals surface area (Å²) in [5, 5.41) is 9.19. The number of nitrogens with one attached hydrogen (secondary N) is 1. The Morgan fingerprint density at radius 1 is 0.927 bits per heavy atom. The van der Waals surface area contributed by atoms with Gasteiger partial charge in [-0.15, -0.1) is 0 Å². The summed E-state index contributed by atoms with van der Waals surface area (Å²) in [5.41, 5.74) is -0.702. The molecule has 0 saturated carbocycles. The van der Waals surface area contributed by atoms with Crippen LogP contribution in [0, 0.1) is 0 Å². The average molecular weight is 609 g/mol. The number of piperidine rings is 1. The van der Waals surface area contributed by atoms with E-state index in [-0.39, 0.29) is 15.4 Å². The van der Waals surface area contributed by atoms with Crippen LogP contribution in [0.3, 0.4) is 0 Å². The van der Waals surface area contributed by atoms with Crippen molar-refractivity contribution in [2.24, 2.45) is 0 Å². The number of hydrogen-bond acceptors (Lipinski definition) is 6. The zero-order valence-electron chi connectivity index (χ0n) is 21.6. The van der Waals surface area contributed by atoms with Crippen LogP contribution in [-0.2, 0) is 26.0 Å². The van der Waals surface area contributed by atoms with Crippen molar-refractivity contribution in [2.75, 3.05) is 23.7 Å². The van der Waals surface area contributed by atoms with Gasteiger partial charge in [0.1, 0.15) is 0 Å². The van der Waals surface area contributed by atoms with Crippen LogP contribution in [0.2, 0.25) is 0 Å². The van der Waals surface area contributed by atoms with Crippen molar-refractivity contribution < 1.29 is 39.9 Å². The fourth-order valence-corrected chi connectivity index (χ4v) is 7.04. The standard InChI is InChI=1S/C28H27F3N2O6S2/c29-28(30,31)26-12-11-25(41(38,39)24-9-2-1-3-10-24)19-20(26)7-5-17-40(36,37)32-22-13-15-33(16-14-22)23-8-4-6-21(18-23)27(34)35/h1-12,18-19,22,32H,13-17H2,(H,34,35). The second kappa shape index (κ2) is 12.0. The Morgan fingerprint density at radius 3 is 2.24 bits per heavy atom. The smallest absolute Gasteiger partial charge is 0.416 e. The van der Waals surface area contributed by atoms with E-state index in [2.05, 4.69) is 4.72 Å². The number of carbonyl (C=O) groups is 1. The molecule has 4 rings (SSSR count). The lowest BCUT2D eigenvalue weighted by molar-refractivity contribution is -0.137. The van der Waals surface area contributed by atoms with Crippen molar-refractivity contribution in [3.8, 4) is 0 Å². The van der Waals surface area contributed by atoms with Crippen LogP contribution in [0.4, 0.5) is 18.9 Å². The van der Waals surface area contributed by atoms with Gasteiger partial charge in [-0.05, 0) is 66.9 Å². The largest absolute Gasteiger partial charge is 0.478 e. The topological polar surface area (TPSA) is 121 Å². The van der Waals surface area contributed by atoms with Gasteiger partial charge >= 0.3 is 12.1 Å². The summed E-state index contributed by atoms with van der Waals surface area (Å²) >= 11 is 0. The average Bonchev–Trinajstić information content (AvgIpc) is 2.93. The summed E-state index contributed by atoms with van der Waals surface area (Å²) in [4.78, 5) is 12.7. The maximum atomic E-state index is 13.6. The molecular weight excluding hydrogens is 581 g/mol. The number of alkyl halides is 3. The summed E-state index contributed by atoms with van der Waals surface area (Å²) in [7, 11) is -8.01. The zero-order valence-corrected chi connectivity index (χ0v) is 23.2. The lowest BCUT2D eigenvalue weighted by Gasteiger charge is -2.33. The van der Waals surface area contributed by atoms with E-state index < -0.39 is 54.9 Å². The molecule has 1 aliphatic rings. The van der Waals surface area contributed by atoms with E-state index in [1.54, 1.807) is 24.3 Å². The molecule has 3 aromatic rings. The Labute approximate surface area is 236 Å². The molecule has 3 aromatic carbocycles. The second-order valence-electron chi connectivity index (χ2n) is 9.48. The van der Waals surface area contributed by atoms with E-state index in [0.717, 1.165) is 24.3 Å². The van der Waals surface area contributed by atoms with E-state index in [4.69, 9.17) is 0 Å². The zero-order chi connectivity index (χ0) is 29.8. The first-order chi connectivity index (χ1) is 19.3. The molecule has 1 heterocycles. The maximum Gasteiger partial charge on any atom is 0.416 e. The maximum absolute atomic E-state index is 13.6. The molecule has 0 amide bonds. The molecule has 0 aliphatic carbocycles. The van der Waals surface area contributed by atoms with E-state index in [0.29, 0.717) is 37.7 Å². The lowest BCUT2D eigenvalue weighted by atomic mass is 10.0. The normalized spacial score (nSPS) is 15.3. The fourth-order valence-electron chi connectivity index (χ4n) is 4.53. The number of sulfone groups is 1. The Kier molecular flexibility index (Phi) is 8.90. The van der Waals surface area contributed by atoms with Gasteiger partial charge in [0.25, 0.3) is 0 Å². The number of halogens is 3. The molecule has 0 aromatic heterocycles. The molecule has 0 bridgehead atoms. The minimum atomic E-state index is -4.79. The van der Waals surface area contributed by atoms with Crippen molar-refractivity contribution in [3.63, 3.8) is 0 Å². The van der Waals surface area contributed by atoms with E-state index in [1.807, 2.05) is 4.90 Å². The van der Waals surface area contributed by atoms with Gasteiger partial charge in [0.15, 0.2) is 0 Å². The van der Waals surface area contributed by atoms with Crippen molar-refractivity contribution >= 4 is 37.6 Å². The highest BCUT2D eigenvalue weighted by molar-refractivity contribution is 7.91. The highest BCUT2D eigenvalue weighted by Crippen LogP contribution is 2.35. The number of carboxylic acid groups (broad SMARTS) is 1. The van der Waals surface area contributed by atoms with Gasteiger partial charge in [-0.1, -0.05) is 36.4 Å². The summed E-state index contributed by atoms with van der Waals surface area (Å²) in [6.45, 7) is 0.952. The first kappa shape index (κ1) is 30.3. The molecular formula is C28H27F3N2O6S2. The molecule has 218 valence electrons. The third-order valence-electron chi connectivity index (χ3n) is 6.60. The summed E-state index contributed by atoms with van der Waals surface area (Å²) in [6, 6.07) is 15.7. The summed E-state index contributed by atoms with van der Waals surface area (Å²) < 4.78 is 94.7. The van der Waals surface area contributed by atoms with Gasteiger partial charge in [0.05, 0.1) is 26.7 Å². The number of carboxylic acids is 1. The predicted octanol–water partition coefficient (Wildman–Crippen LogP) is 4.84. The van der Waals surface area contributed by atoms with Crippen LogP contribution in [0.15, 0.2) is 88.7 Å². The fraction of sp³-hybridized carbons (Fsp3) is 0.250. The van der Waals surface area contributed by atoms with Gasteiger partial charge in [0, 0.05) is 24.8 Å². The van der Waals surface area contributed by atoms with Crippen LogP contribution in [-0.4, -0.2) is 52.8 Å². The van der Waals surface area contributed by atoms with E-state index in [9.17, 15) is 39.9 Å². The highest BCUT2D eigenvalue weighted by atomic mass is 32.2. The minimum Gasteiger partial charge on any atom is -0.478 e. The Balaban J connectivity index is 1.44. The number of aromatic carboxylic acids is 1. The Hall–Kier alpha value is -3.68. The molecule has 8 nitrogen and oxygen atoms in total. The third kappa shape index (κ3) is 7.54. The van der Waals surface area contributed by atoms with Crippen LogP contribution >= 0.6 is 0 Å². The van der Waals surface area contributed by atoms with Crippen LogP contribution in [0.5, 0.6) is 0 Å². The van der Waals surface area contributed by atoms with Gasteiger partial charge in [-0.25, -0.2) is 26.4 Å². The van der Waals surface area contributed by atoms with Crippen molar-refractivity contribution in [1.82, 2.24) is 4.72 Å². The van der Waals surface area contributed by atoms with Gasteiger partial charge in [-0.2, -0.15) is 13.2 Å². The van der Waals surface area contributed by atoms with Crippen molar-refractivity contribution in [1.29, 1.82) is 0 Å². The molecule has 0 radical (unpaired) electrons. The molecule has 0 unspecified atom stereocenters. The van der Waals surface area contributed by atoms with E-state index >= 15 is 0 Å². The van der Waals surface area contributed by atoms with E-state index in [1.165, 1.54) is 30.3 Å². The molecule has 1 saturated heterocycles. The minimum absolute atomic E-state index is 0.0814. The molecule has 1 fully saturated rings. The number of benzene rings is 3.